The zero-order valence-electron chi connectivity index (χ0n) is 10.9. The molecule has 0 atom stereocenters. The Labute approximate surface area is 138 Å². The van der Waals surface area contributed by atoms with Crippen molar-refractivity contribution in [2.45, 2.75) is 6.61 Å². The highest BCUT2D eigenvalue weighted by Crippen LogP contribution is 2.36. The summed E-state index contributed by atoms with van der Waals surface area (Å²) in [7, 11) is 0. The Morgan fingerprint density at radius 1 is 1.05 bits per heavy atom. The molecule has 0 unspecified atom stereocenters. The molecule has 0 aliphatic heterocycles. The third kappa shape index (κ3) is 4.30. The van der Waals surface area contributed by atoms with Gasteiger partial charge in [0.25, 0.3) is 0 Å². The number of ether oxygens (including phenoxy) is 1. The van der Waals surface area contributed by atoms with Crippen LogP contribution in [0.2, 0.25) is 15.1 Å². The minimum absolute atomic E-state index is 0.190. The lowest BCUT2D eigenvalue weighted by Crippen LogP contribution is -1.99. The summed E-state index contributed by atoms with van der Waals surface area (Å²) in [6.07, 6.45) is 0. The van der Waals surface area contributed by atoms with Gasteiger partial charge < -0.3 is 9.84 Å². The number of hydrogen-bond acceptors (Lipinski definition) is 2. The maximum Gasteiger partial charge on any atom is 0.157 e. The molecule has 0 saturated carbocycles. The molecule has 0 aromatic heterocycles. The van der Waals surface area contributed by atoms with E-state index in [-0.39, 0.29) is 13.2 Å². The molecule has 2 rings (SSSR count). The van der Waals surface area contributed by atoms with Gasteiger partial charge in [0.1, 0.15) is 13.2 Å². The second kappa shape index (κ2) is 7.59. The summed E-state index contributed by atoms with van der Waals surface area (Å²) in [6, 6.07) is 10.6. The summed E-state index contributed by atoms with van der Waals surface area (Å²) in [5.41, 5.74) is 1.66. The first-order chi connectivity index (χ1) is 10.1. The Kier molecular flexibility index (Phi) is 5.78. The largest absolute Gasteiger partial charge is 0.486 e. The van der Waals surface area contributed by atoms with Gasteiger partial charge in [-0.15, -0.1) is 0 Å². The third-order valence-electron chi connectivity index (χ3n) is 2.65. The fraction of sp³-hybridized carbons (Fsp3) is 0.125. The third-order valence-corrected chi connectivity index (χ3v) is 3.43. The smallest absolute Gasteiger partial charge is 0.157 e. The molecule has 0 aliphatic carbocycles. The zero-order chi connectivity index (χ0) is 15.2. The highest BCUT2D eigenvalue weighted by molar-refractivity contribution is 6.40. The van der Waals surface area contributed by atoms with Crippen LogP contribution in [0, 0.1) is 11.8 Å². The Balaban J connectivity index is 2.21. The molecule has 0 amide bonds. The molecule has 0 radical (unpaired) electrons. The van der Waals surface area contributed by atoms with Crippen LogP contribution in [0.5, 0.6) is 5.75 Å². The van der Waals surface area contributed by atoms with Crippen LogP contribution in [-0.2, 0) is 6.61 Å². The predicted octanol–water partition coefficient (Wildman–Crippen LogP) is 4.57. The number of benzene rings is 2. The van der Waals surface area contributed by atoms with E-state index in [0.717, 1.165) is 11.1 Å². The standard InChI is InChI=1S/C16H11Cl3O2/c17-13-8-14(18)16(15(19)9-13)21-10-12-5-2-1-4-11(12)6-3-7-20/h1-2,4-5,8-9,20H,7,10H2. The minimum Gasteiger partial charge on any atom is -0.486 e. The Morgan fingerprint density at radius 3 is 2.38 bits per heavy atom. The molecule has 0 bridgehead atoms. The predicted molar refractivity (Wildman–Crippen MR) is 86.2 cm³/mol. The van der Waals surface area contributed by atoms with Crippen LogP contribution in [0.25, 0.3) is 0 Å². The lowest BCUT2D eigenvalue weighted by Gasteiger charge is -2.11. The van der Waals surface area contributed by atoms with Gasteiger partial charge in [0.05, 0.1) is 10.0 Å². The maximum atomic E-state index is 8.77. The van der Waals surface area contributed by atoms with Crippen LogP contribution in [0.4, 0.5) is 0 Å². The molecule has 2 aromatic carbocycles. The summed E-state index contributed by atoms with van der Waals surface area (Å²) < 4.78 is 5.68. The highest BCUT2D eigenvalue weighted by atomic mass is 35.5. The number of aliphatic hydroxyl groups excluding tert-OH is 1. The van der Waals surface area contributed by atoms with E-state index in [0.29, 0.717) is 20.8 Å². The van der Waals surface area contributed by atoms with Crippen molar-refractivity contribution in [1.29, 1.82) is 0 Å². The van der Waals surface area contributed by atoms with Gasteiger partial charge in [0, 0.05) is 16.1 Å². The first-order valence-electron chi connectivity index (χ1n) is 6.07. The normalized spacial score (nSPS) is 9.90. The van der Waals surface area contributed by atoms with Gasteiger partial charge in [-0.3, -0.25) is 0 Å². The van der Waals surface area contributed by atoms with Crippen LogP contribution in [0.1, 0.15) is 11.1 Å². The van der Waals surface area contributed by atoms with Crippen LogP contribution >= 0.6 is 34.8 Å². The van der Waals surface area contributed by atoms with Crippen LogP contribution in [0.15, 0.2) is 36.4 Å². The van der Waals surface area contributed by atoms with Crippen molar-refractivity contribution in [2.75, 3.05) is 6.61 Å². The molecule has 21 heavy (non-hydrogen) atoms. The van der Waals surface area contributed by atoms with E-state index >= 15 is 0 Å². The molecule has 2 aromatic rings. The fourth-order valence-corrected chi connectivity index (χ4v) is 2.65. The van der Waals surface area contributed by atoms with E-state index in [9.17, 15) is 0 Å². The summed E-state index contributed by atoms with van der Waals surface area (Å²) in [5, 5.41) is 9.93. The molecular weight excluding hydrogens is 331 g/mol. The Hall–Kier alpha value is -1.37. The van der Waals surface area contributed by atoms with Crippen molar-refractivity contribution in [3.05, 3.63) is 62.6 Å². The summed E-state index contributed by atoms with van der Waals surface area (Å²) >= 11 is 18.0. The summed E-state index contributed by atoms with van der Waals surface area (Å²) in [4.78, 5) is 0. The van der Waals surface area contributed by atoms with Crippen molar-refractivity contribution >= 4 is 34.8 Å². The zero-order valence-corrected chi connectivity index (χ0v) is 13.1. The van der Waals surface area contributed by atoms with Gasteiger partial charge >= 0.3 is 0 Å². The van der Waals surface area contributed by atoms with Crippen molar-refractivity contribution in [1.82, 2.24) is 0 Å². The average Bonchev–Trinajstić information content (AvgIpc) is 2.45. The molecule has 0 heterocycles. The summed E-state index contributed by atoms with van der Waals surface area (Å²) in [5.74, 6) is 5.87. The van der Waals surface area contributed by atoms with Gasteiger partial charge in [-0.2, -0.15) is 0 Å². The SMILES string of the molecule is OCC#Cc1ccccc1COc1c(Cl)cc(Cl)cc1Cl. The number of rotatable bonds is 3. The van der Waals surface area contributed by atoms with E-state index in [4.69, 9.17) is 44.6 Å². The quantitative estimate of drug-likeness (QED) is 0.829. The molecule has 5 heteroatoms. The van der Waals surface area contributed by atoms with Gasteiger partial charge in [-0.05, 0) is 18.2 Å². The maximum absolute atomic E-state index is 8.77. The van der Waals surface area contributed by atoms with Crippen molar-refractivity contribution in [3.8, 4) is 17.6 Å². The van der Waals surface area contributed by atoms with E-state index in [1.807, 2.05) is 24.3 Å². The molecule has 0 spiro atoms. The molecule has 1 N–H and O–H groups in total. The lowest BCUT2D eigenvalue weighted by molar-refractivity contribution is 0.306. The topological polar surface area (TPSA) is 29.5 Å². The summed E-state index contributed by atoms with van der Waals surface area (Å²) in [6.45, 7) is 0.0708. The average molecular weight is 342 g/mol. The van der Waals surface area contributed by atoms with Crippen LogP contribution in [-0.4, -0.2) is 11.7 Å². The molecule has 2 nitrogen and oxygen atoms in total. The van der Waals surface area contributed by atoms with Crippen LogP contribution in [0.3, 0.4) is 0 Å². The van der Waals surface area contributed by atoms with E-state index in [2.05, 4.69) is 11.8 Å². The second-order valence-corrected chi connectivity index (χ2v) is 5.36. The number of hydrogen-bond donors (Lipinski definition) is 1. The van der Waals surface area contributed by atoms with Crippen LogP contribution < -0.4 is 4.74 Å². The Bertz CT molecular complexity index is 679. The minimum atomic E-state index is -0.190. The number of aliphatic hydroxyl groups is 1. The second-order valence-electron chi connectivity index (χ2n) is 4.10. The lowest BCUT2D eigenvalue weighted by atomic mass is 10.1. The first-order valence-corrected chi connectivity index (χ1v) is 7.20. The first kappa shape index (κ1) is 16.0. The fourth-order valence-electron chi connectivity index (χ4n) is 1.72. The Morgan fingerprint density at radius 2 is 1.71 bits per heavy atom. The molecule has 0 saturated heterocycles. The molecular formula is C16H11Cl3O2. The van der Waals surface area contributed by atoms with Gasteiger partial charge in [0.15, 0.2) is 5.75 Å². The molecule has 108 valence electrons. The van der Waals surface area contributed by atoms with Gasteiger partial charge in [-0.1, -0.05) is 64.8 Å². The van der Waals surface area contributed by atoms with E-state index in [1.165, 1.54) is 0 Å². The van der Waals surface area contributed by atoms with Gasteiger partial charge in [0.2, 0.25) is 0 Å². The molecule has 0 fully saturated rings. The van der Waals surface area contributed by atoms with Crippen molar-refractivity contribution in [2.24, 2.45) is 0 Å². The monoisotopic (exact) mass is 340 g/mol. The number of halogens is 3. The van der Waals surface area contributed by atoms with E-state index in [1.54, 1.807) is 12.1 Å². The van der Waals surface area contributed by atoms with E-state index < -0.39 is 0 Å². The highest BCUT2D eigenvalue weighted by Gasteiger charge is 2.10. The van der Waals surface area contributed by atoms with Gasteiger partial charge in [-0.25, -0.2) is 0 Å². The van der Waals surface area contributed by atoms with Crippen molar-refractivity contribution < 1.29 is 9.84 Å². The molecule has 0 aliphatic rings. The van der Waals surface area contributed by atoms with Crippen molar-refractivity contribution in [3.63, 3.8) is 0 Å².